The maximum atomic E-state index is 10.5. The summed E-state index contributed by atoms with van der Waals surface area (Å²) in [6, 6.07) is 53.1. The molecule has 0 aliphatic heterocycles. The van der Waals surface area contributed by atoms with Crippen molar-refractivity contribution < 1.29 is 8.83 Å². The number of furan rings is 2. The molecule has 2 aromatic heterocycles. The summed E-state index contributed by atoms with van der Waals surface area (Å²) >= 11 is 0. The number of para-hydroxylation sites is 4. The topological polar surface area (TPSA) is 73.9 Å². The molecule has 4 heteroatoms. The first-order valence-corrected chi connectivity index (χ1v) is 15.7. The first-order chi connectivity index (χ1) is 23.7. The summed E-state index contributed by atoms with van der Waals surface area (Å²) in [6.45, 7) is 0. The number of hydrogen-bond acceptors (Lipinski definition) is 4. The van der Waals surface area contributed by atoms with Gasteiger partial charge in [0, 0.05) is 43.8 Å². The lowest BCUT2D eigenvalue weighted by Gasteiger charge is -2.13. The predicted octanol–water partition coefficient (Wildman–Crippen LogP) is 11.9. The minimum atomic E-state index is 0.492. The molecule has 0 spiro atoms. The average molecular weight is 613 g/mol. The van der Waals surface area contributed by atoms with Gasteiger partial charge >= 0.3 is 0 Å². The summed E-state index contributed by atoms with van der Waals surface area (Å²) in [5, 5.41) is 24.8. The van der Waals surface area contributed by atoms with Crippen LogP contribution in [-0.2, 0) is 0 Å². The molecule has 0 radical (unpaired) electrons. The Morgan fingerprint density at radius 1 is 0.375 bits per heavy atom. The highest BCUT2D eigenvalue weighted by Gasteiger charge is 2.17. The summed E-state index contributed by atoms with van der Waals surface area (Å²) in [4.78, 5) is 0. The minimum Gasteiger partial charge on any atom is -0.455 e. The summed E-state index contributed by atoms with van der Waals surface area (Å²) < 4.78 is 12.5. The molecular weight excluding hydrogens is 588 g/mol. The maximum absolute atomic E-state index is 10.5. The zero-order chi connectivity index (χ0) is 32.2. The average Bonchev–Trinajstić information content (AvgIpc) is 3.73. The molecular formula is C44H24N2O2. The molecule has 2 heterocycles. The predicted molar refractivity (Wildman–Crippen MR) is 192 cm³/mol. The Kier molecular flexibility index (Phi) is 6.22. The monoisotopic (exact) mass is 612 g/mol. The van der Waals surface area contributed by atoms with Crippen molar-refractivity contribution in [2.75, 3.05) is 0 Å². The van der Waals surface area contributed by atoms with E-state index in [0.29, 0.717) is 11.1 Å². The third-order valence-corrected chi connectivity index (χ3v) is 9.20. The SMILES string of the molecule is N#Cc1cc(-c2ccc(-c3cccc4c3oc3ccccc34)cc2)c(C#N)c(-c2ccc(-c3cccc4c3oc3ccccc34)cc2)c1. The van der Waals surface area contributed by atoms with Crippen LogP contribution in [0, 0.1) is 22.7 Å². The van der Waals surface area contributed by atoms with Gasteiger partial charge in [0.25, 0.3) is 0 Å². The highest BCUT2D eigenvalue weighted by molar-refractivity contribution is 6.10. The maximum Gasteiger partial charge on any atom is 0.143 e. The lowest BCUT2D eigenvalue weighted by atomic mass is 9.89. The van der Waals surface area contributed by atoms with E-state index in [0.717, 1.165) is 88.4 Å². The van der Waals surface area contributed by atoms with Gasteiger partial charge in [-0.15, -0.1) is 0 Å². The number of nitrogens with zero attached hydrogens (tertiary/aromatic N) is 2. The molecule has 9 aromatic rings. The van der Waals surface area contributed by atoms with E-state index < -0.39 is 0 Å². The van der Waals surface area contributed by atoms with Crippen LogP contribution in [0.25, 0.3) is 88.4 Å². The molecule has 4 nitrogen and oxygen atoms in total. The van der Waals surface area contributed by atoms with Gasteiger partial charge in [-0.1, -0.05) is 121 Å². The van der Waals surface area contributed by atoms with Gasteiger partial charge in [0.1, 0.15) is 28.4 Å². The van der Waals surface area contributed by atoms with Crippen LogP contribution in [0.3, 0.4) is 0 Å². The molecule has 0 N–H and O–H groups in total. The zero-order valence-electron chi connectivity index (χ0n) is 25.6. The van der Waals surface area contributed by atoms with E-state index in [-0.39, 0.29) is 0 Å². The number of hydrogen-bond donors (Lipinski definition) is 0. The Morgan fingerprint density at radius 2 is 0.771 bits per heavy atom. The van der Waals surface area contributed by atoms with Crippen molar-refractivity contribution in [3.8, 4) is 56.6 Å². The van der Waals surface area contributed by atoms with E-state index in [2.05, 4.69) is 48.5 Å². The quantitative estimate of drug-likeness (QED) is 0.198. The van der Waals surface area contributed by atoms with Crippen LogP contribution >= 0.6 is 0 Å². The normalized spacial score (nSPS) is 11.3. The van der Waals surface area contributed by atoms with Crippen LogP contribution in [0.1, 0.15) is 11.1 Å². The van der Waals surface area contributed by atoms with Crippen molar-refractivity contribution >= 4 is 43.9 Å². The van der Waals surface area contributed by atoms with Crippen molar-refractivity contribution in [1.82, 2.24) is 0 Å². The highest BCUT2D eigenvalue weighted by Crippen LogP contribution is 2.40. The molecule has 222 valence electrons. The molecule has 0 bridgehead atoms. The number of rotatable bonds is 4. The first kappa shape index (κ1) is 27.4. The molecule has 0 unspecified atom stereocenters. The van der Waals surface area contributed by atoms with Gasteiger partial charge in [-0.3, -0.25) is 0 Å². The third-order valence-electron chi connectivity index (χ3n) is 9.20. The van der Waals surface area contributed by atoms with E-state index in [1.54, 1.807) is 12.1 Å². The van der Waals surface area contributed by atoms with Crippen LogP contribution < -0.4 is 0 Å². The van der Waals surface area contributed by atoms with Crippen molar-refractivity contribution in [1.29, 1.82) is 10.5 Å². The summed E-state index contributed by atoms with van der Waals surface area (Å²) in [6.07, 6.45) is 0. The molecule has 7 aromatic carbocycles. The summed E-state index contributed by atoms with van der Waals surface area (Å²) in [7, 11) is 0. The lowest BCUT2D eigenvalue weighted by molar-refractivity contribution is 0.669. The van der Waals surface area contributed by atoms with Crippen LogP contribution in [-0.4, -0.2) is 0 Å². The van der Waals surface area contributed by atoms with Crippen LogP contribution in [0.15, 0.2) is 154 Å². The Labute approximate surface area is 275 Å². The second-order valence-electron chi connectivity index (χ2n) is 11.9. The fourth-order valence-electron chi connectivity index (χ4n) is 6.89. The number of nitriles is 2. The molecule has 0 saturated carbocycles. The fraction of sp³-hybridized carbons (Fsp3) is 0. The van der Waals surface area contributed by atoms with Gasteiger partial charge in [-0.05, 0) is 46.5 Å². The van der Waals surface area contributed by atoms with Crippen LogP contribution in [0.5, 0.6) is 0 Å². The Hall–Kier alpha value is -6.88. The van der Waals surface area contributed by atoms with Gasteiger partial charge in [0.05, 0.1) is 17.2 Å². The van der Waals surface area contributed by atoms with Crippen LogP contribution in [0.4, 0.5) is 0 Å². The lowest BCUT2D eigenvalue weighted by Crippen LogP contribution is -1.93. The van der Waals surface area contributed by atoms with Gasteiger partial charge < -0.3 is 8.83 Å². The van der Waals surface area contributed by atoms with E-state index >= 15 is 0 Å². The van der Waals surface area contributed by atoms with Gasteiger partial charge in [0.15, 0.2) is 0 Å². The van der Waals surface area contributed by atoms with E-state index in [9.17, 15) is 10.5 Å². The standard InChI is InChI=1S/C44H24N2O2/c45-25-27-23-38(30-19-15-28(16-20-30)32-9-5-11-36-34-7-1-3-13-41(34)47-43(32)36)40(26-46)39(24-27)31-21-17-29(18-22-31)33-10-6-12-37-35-8-2-4-14-42(35)48-44(33)37/h1-24H. The van der Waals surface area contributed by atoms with E-state index in [1.807, 2.05) is 97.1 Å². The molecule has 48 heavy (non-hydrogen) atoms. The molecule has 9 rings (SSSR count). The highest BCUT2D eigenvalue weighted by atomic mass is 16.3. The molecule has 0 fully saturated rings. The van der Waals surface area contributed by atoms with Crippen molar-refractivity contribution in [3.63, 3.8) is 0 Å². The Morgan fingerprint density at radius 3 is 1.19 bits per heavy atom. The number of fused-ring (bicyclic) bond motifs is 6. The van der Waals surface area contributed by atoms with Gasteiger partial charge in [0.2, 0.25) is 0 Å². The molecule has 0 saturated heterocycles. The van der Waals surface area contributed by atoms with Crippen LogP contribution in [0.2, 0.25) is 0 Å². The summed E-state index contributed by atoms with van der Waals surface area (Å²) in [5.41, 5.74) is 11.6. The largest absolute Gasteiger partial charge is 0.455 e. The van der Waals surface area contributed by atoms with E-state index in [4.69, 9.17) is 8.83 Å². The number of benzene rings is 7. The first-order valence-electron chi connectivity index (χ1n) is 15.7. The molecule has 0 aliphatic rings. The van der Waals surface area contributed by atoms with Crippen molar-refractivity contribution in [2.24, 2.45) is 0 Å². The third kappa shape index (κ3) is 4.29. The minimum absolute atomic E-state index is 0.492. The second-order valence-corrected chi connectivity index (χ2v) is 11.9. The van der Waals surface area contributed by atoms with Gasteiger partial charge in [-0.25, -0.2) is 0 Å². The molecule has 0 aliphatic carbocycles. The zero-order valence-corrected chi connectivity index (χ0v) is 25.6. The molecule has 0 amide bonds. The second kappa shape index (κ2) is 10.9. The fourth-order valence-corrected chi connectivity index (χ4v) is 6.89. The Bertz CT molecular complexity index is 2610. The van der Waals surface area contributed by atoms with Crippen molar-refractivity contribution in [3.05, 3.63) is 157 Å². The Balaban J connectivity index is 1.11. The van der Waals surface area contributed by atoms with E-state index in [1.165, 1.54) is 0 Å². The van der Waals surface area contributed by atoms with Gasteiger partial charge in [-0.2, -0.15) is 10.5 Å². The smallest absolute Gasteiger partial charge is 0.143 e. The van der Waals surface area contributed by atoms with Crippen molar-refractivity contribution in [2.45, 2.75) is 0 Å². The molecule has 0 atom stereocenters. The summed E-state index contributed by atoms with van der Waals surface area (Å²) in [5.74, 6) is 0.